The van der Waals surface area contributed by atoms with Crippen LogP contribution >= 0.6 is 0 Å². The van der Waals surface area contributed by atoms with Crippen molar-refractivity contribution < 1.29 is 29.1 Å². The largest absolute Gasteiger partial charge is 0.480 e. The first-order chi connectivity index (χ1) is 16.8. The summed E-state index contributed by atoms with van der Waals surface area (Å²) in [6.45, 7) is 10.1. The second-order valence-electron chi connectivity index (χ2n) is 10.9. The van der Waals surface area contributed by atoms with Gasteiger partial charge in [0.2, 0.25) is 23.6 Å². The third kappa shape index (κ3) is 7.65. The smallest absolute Gasteiger partial charge is 0.326 e. The molecule has 204 valence electrons. The van der Waals surface area contributed by atoms with E-state index in [0.29, 0.717) is 51.6 Å². The molecule has 2 aliphatic rings. The molecular weight excluding hydrogens is 466 g/mol. The molecule has 0 saturated carbocycles. The predicted octanol–water partition coefficient (Wildman–Crippen LogP) is 0.462. The second kappa shape index (κ2) is 13.0. The molecule has 2 saturated heterocycles. The molecule has 11 heteroatoms. The Hall–Kier alpha value is -2.69. The SMILES string of the molecule is CC(C)C[C@H](NC(=O)[C@H](C)NC(=O)[C@@H]1CCCN1C(=O)[C@@H](N)CC(C)C)C(=O)N1CCC[C@H]1C(=O)O. The highest BCUT2D eigenvalue weighted by molar-refractivity contribution is 5.95. The topological polar surface area (TPSA) is 162 Å². The lowest BCUT2D eigenvalue weighted by atomic mass is 10.0. The molecule has 0 aliphatic carbocycles. The van der Waals surface area contributed by atoms with Crippen LogP contribution in [0.3, 0.4) is 0 Å². The molecule has 2 fully saturated rings. The average Bonchev–Trinajstić information content (AvgIpc) is 3.46. The molecule has 4 amide bonds. The van der Waals surface area contributed by atoms with E-state index in [1.807, 2.05) is 27.7 Å². The number of nitrogens with zero attached hydrogens (tertiary/aromatic N) is 2. The number of hydrogen-bond acceptors (Lipinski definition) is 6. The van der Waals surface area contributed by atoms with Gasteiger partial charge in [-0.3, -0.25) is 19.2 Å². The lowest BCUT2D eigenvalue weighted by molar-refractivity contribution is -0.149. The number of nitrogens with one attached hydrogen (secondary N) is 2. The van der Waals surface area contributed by atoms with Gasteiger partial charge in [-0.15, -0.1) is 0 Å². The predicted molar refractivity (Wildman–Crippen MR) is 134 cm³/mol. The fourth-order valence-electron chi connectivity index (χ4n) is 4.98. The summed E-state index contributed by atoms with van der Waals surface area (Å²) in [5, 5.41) is 14.8. The second-order valence-corrected chi connectivity index (χ2v) is 10.9. The quantitative estimate of drug-likeness (QED) is 0.314. The maximum atomic E-state index is 13.1. The molecular formula is C25H43N5O6. The summed E-state index contributed by atoms with van der Waals surface area (Å²) >= 11 is 0. The third-order valence-corrected chi connectivity index (χ3v) is 6.78. The van der Waals surface area contributed by atoms with Crippen molar-refractivity contribution in [2.45, 2.75) is 103 Å². The highest BCUT2D eigenvalue weighted by atomic mass is 16.4. The van der Waals surface area contributed by atoms with Crippen LogP contribution in [-0.2, 0) is 24.0 Å². The number of nitrogens with two attached hydrogens (primary N) is 1. The molecule has 11 nitrogen and oxygen atoms in total. The molecule has 36 heavy (non-hydrogen) atoms. The van der Waals surface area contributed by atoms with E-state index in [9.17, 15) is 29.1 Å². The molecule has 2 aliphatic heterocycles. The summed E-state index contributed by atoms with van der Waals surface area (Å²) < 4.78 is 0. The van der Waals surface area contributed by atoms with Gasteiger partial charge in [-0.05, 0) is 57.3 Å². The van der Waals surface area contributed by atoms with Crippen molar-refractivity contribution in [1.29, 1.82) is 0 Å². The monoisotopic (exact) mass is 509 g/mol. The van der Waals surface area contributed by atoms with Gasteiger partial charge in [0.15, 0.2) is 0 Å². The Bertz CT molecular complexity index is 832. The van der Waals surface area contributed by atoms with Gasteiger partial charge in [-0.1, -0.05) is 27.7 Å². The van der Waals surface area contributed by atoms with Crippen LogP contribution in [-0.4, -0.2) is 87.8 Å². The Morgan fingerprint density at radius 1 is 0.833 bits per heavy atom. The minimum absolute atomic E-state index is 0.0723. The van der Waals surface area contributed by atoms with Crippen molar-refractivity contribution in [3.05, 3.63) is 0 Å². The molecule has 0 radical (unpaired) electrons. The maximum Gasteiger partial charge on any atom is 0.326 e. The number of carbonyl (C=O) groups excluding carboxylic acids is 4. The molecule has 0 aromatic rings. The van der Waals surface area contributed by atoms with Crippen molar-refractivity contribution in [2.75, 3.05) is 13.1 Å². The fourth-order valence-corrected chi connectivity index (χ4v) is 4.98. The van der Waals surface area contributed by atoms with Crippen molar-refractivity contribution in [1.82, 2.24) is 20.4 Å². The van der Waals surface area contributed by atoms with Gasteiger partial charge < -0.3 is 31.3 Å². The van der Waals surface area contributed by atoms with Crippen LogP contribution in [0.4, 0.5) is 0 Å². The number of carboxylic acid groups (broad SMARTS) is 1. The number of rotatable bonds is 11. The van der Waals surface area contributed by atoms with Crippen LogP contribution in [0.1, 0.15) is 73.1 Å². The van der Waals surface area contributed by atoms with E-state index in [0.717, 1.165) is 0 Å². The van der Waals surface area contributed by atoms with Crippen LogP contribution in [0.5, 0.6) is 0 Å². The molecule has 0 bridgehead atoms. The molecule has 2 rings (SSSR count). The molecule has 5 atom stereocenters. The lowest BCUT2D eigenvalue weighted by Gasteiger charge is -2.30. The highest BCUT2D eigenvalue weighted by Gasteiger charge is 2.39. The van der Waals surface area contributed by atoms with E-state index >= 15 is 0 Å². The number of carbonyl (C=O) groups is 5. The van der Waals surface area contributed by atoms with Gasteiger partial charge in [-0.2, -0.15) is 0 Å². The van der Waals surface area contributed by atoms with Gasteiger partial charge in [0, 0.05) is 13.1 Å². The minimum Gasteiger partial charge on any atom is -0.480 e. The van der Waals surface area contributed by atoms with Crippen LogP contribution in [0, 0.1) is 11.8 Å². The van der Waals surface area contributed by atoms with Gasteiger partial charge in [0.1, 0.15) is 24.2 Å². The van der Waals surface area contributed by atoms with E-state index < -0.39 is 53.9 Å². The summed E-state index contributed by atoms with van der Waals surface area (Å²) in [6, 6.07) is -4.11. The number of aliphatic carboxylic acids is 1. The normalized spacial score (nSPS) is 22.4. The lowest BCUT2D eigenvalue weighted by Crippen LogP contribution is -2.57. The Labute approximate surface area is 213 Å². The zero-order valence-corrected chi connectivity index (χ0v) is 22.2. The van der Waals surface area contributed by atoms with E-state index in [4.69, 9.17) is 5.73 Å². The molecule has 0 aromatic heterocycles. The summed E-state index contributed by atoms with van der Waals surface area (Å²) in [5.74, 6) is -2.40. The number of amides is 4. The first-order valence-electron chi connectivity index (χ1n) is 13.0. The molecule has 2 heterocycles. The summed E-state index contributed by atoms with van der Waals surface area (Å²) in [6.07, 6.45) is 2.99. The van der Waals surface area contributed by atoms with Gasteiger partial charge in [-0.25, -0.2) is 4.79 Å². The van der Waals surface area contributed by atoms with Crippen molar-refractivity contribution in [3.63, 3.8) is 0 Å². The maximum absolute atomic E-state index is 13.1. The summed E-state index contributed by atoms with van der Waals surface area (Å²) in [5.41, 5.74) is 6.05. The summed E-state index contributed by atoms with van der Waals surface area (Å²) in [7, 11) is 0. The summed E-state index contributed by atoms with van der Waals surface area (Å²) in [4.78, 5) is 66.2. The van der Waals surface area contributed by atoms with Gasteiger partial charge in [0.25, 0.3) is 0 Å². The Balaban J connectivity index is 2.02. The number of carboxylic acids is 1. The van der Waals surface area contributed by atoms with E-state index in [1.165, 1.54) is 16.7 Å². The van der Waals surface area contributed by atoms with Crippen LogP contribution in [0.25, 0.3) is 0 Å². The van der Waals surface area contributed by atoms with E-state index in [-0.39, 0.29) is 17.7 Å². The Kier molecular flexibility index (Phi) is 10.7. The standard InChI is InChI=1S/C25H43N5O6/c1-14(2)12-17(26)23(33)29-10-6-8-19(29)22(32)27-16(5)21(31)28-18(13-15(3)4)24(34)30-11-7-9-20(30)25(35)36/h14-20H,6-13,26H2,1-5H3,(H,27,32)(H,28,31)(H,35,36)/t16-,17-,18-,19-,20-/m0/s1. The zero-order valence-electron chi connectivity index (χ0n) is 22.2. The van der Waals surface area contributed by atoms with Gasteiger partial charge in [0.05, 0.1) is 6.04 Å². The van der Waals surface area contributed by atoms with E-state index in [2.05, 4.69) is 10.6 Å². The van der Waals surface area contributed by atoms with Gasteiger partial charge >= 0.3 is 5.97 Å². The van der Waals surface area contributed by atoms with Crippen molar-refractivity contribution >= 4 is 29.6 Å². The van der Waals surface area contributed by atoms with Crippen LogP contribution in [0.15, 0.2) is 0 Å². The first kappa shape index (κ1) is 29.5. The number of likely N-dealkylation sites (tertiary alicyclic amines) is 2. The molecule has 0 spiro atoms. The van der Waals surface area contributed by atoms with Crippen molar-refractivity contribution in [2.24, 2.45) is 17.6 Å². The van der Waals surface area contributed by atoms with Crippen molar-refractivity contribution in [3.8, 4) is 0 Å². The van der Waals surface area contributed by atoms with Crippen LogP contribution in [0.2, 0.25) is 0 Å². The fraction of sp³-hybridized carbons (Fsp3) is 0.800. The Morgan fingerprint density at radius 2 is 1.36 bits per heavy atom. The minimum atomic E-state index is -1.06. The average molecular weight is 510 g/mol. The zero-order chi connectivity index (χ0) is 27.2. The molecule has 5 N–H and O–H groups in total. The first-order valence-corrected chi connectivity index (χ1v) is 13.0. The van der Waals surface area contributed by atoms with E-state index in [1.54, 1.807) is 0 Å². The Morgan fingerprint density at radius 3 is 1.89 bits per heavy atom. The van der Waals surface area contributed by atoms with Crippen LogP contribution < -0.4 is 16.4 Å². The number of hydrogen-bond donors (Lipinski definition) is 4. The third-order valence-electron chi connectivity index (χ3n) is 6.78. The molecule has 0 aromatic carbocycles. The molecule has 0 unspecified atom stereocenters. The highest BCUT2D eigenvalue weighted by Crippen LogP contribution is 2.21.